The number of nitrogens with one attached hydrogen (secondary N) is 6. The Bertz CT molecular complexity index is 8940. The average molecular weight is 2140 g/mol. The lowest BCUT2D eigenvalue weighted by molar-refractivity contribution is -0.130. The number of nitrogens with zero attached hydrogens (tertiary/aromatic N) is 8. The fraction of sp³-hybridized carbons (Fsp3) is 0.149. The van der Waals surface area contributed by atoms with E-state index in [-0.39, 0.29) is 141 Å². The first-order valence-electron chi connectivity index (χ1n) is 42.8. The van der Waals surface area contributed by atoms with Gasteiger partial charge in [0.25, 0.3) is 84.8 Å². The summed E-state index contributed by atoms with van der Waals surface area (Å²) in [4.78, 5) is 164. The predicted molar refractivity (Wildman–Crippen MR) is 524 cm³/mol. The summed E-state index contributed by atoms with van der Waals surface area (Å²) in [6, 6.07) is 36.2. The molecule has 2 aliphatic rings. The van der Waals surface area contributed by atoms with E-state index in [0.717, 1.165) is 99.3 Å². The summed E-state index contributed by atoms with van der Waals surface area (Å²) in [5.41, 5.74) is -7.82. The summed E-state index contributed by atoms with van der Waals surface area (Å²) in [6.07, 6.45) is 0. The van der Waals surface area contributed by atoms with E-state index in [2.05, 4.69) is 61.8 Å². The zero-order valence-corrected chi connectivity index (χ0v) is 82.3. The van der Waals surface area contributed by atoms with Crippen molar-refractivity contribution < 1.29 is 143 Å². The number of esters is 2. The molecule has 0 fully saturated rings. The second kappa shape index (κ2) is 41.3. The number of rotatable bonds is 41. The van der Waals surface area contributed by atoms with Gasteiger partial charge >= 0.3 is 24.0 Å². The van der Waals surface area contributed by atoms with Crippen LogP contribution >= 0.6 is 0 Å². The van der Waals surface area contributed by atoms with E-state index >= 15 is 19.2 Å². The van der Waals surface area contributed by atoms with Crippen LogP contribution in [0, 0.1) is 0 Å². The lowest BCUT2D eigenvalue weighted by Gasteiger charge is -2.26. The smallest absolute Gasteiger partial charge is 0.337 e. The van der Waals surface area contributed by atoms with Gasteiger partial charge in [0.05, 0.1) is 108 Å². The van der Waals surface area contributed by atoms with Crippen molar-refractivity contribution in [2.45, 2.75) is 45.2 Å². The molecule has 2 aliphatic carbocycles. The molecule has 0 saturated heterocycles. The molecule has 14 aromatic rings. The molecule has 54 heteroatoms. The van der Waals surface area contributed by atoms with Crippen molar-refractivity contribution in [2.24, 2.45) is 14.1 Å². The molecule has 0 saturated carbocycles. The van der Waals surface area contributed by atoms with Crippen LogP contribution < -0.4 is 52.5 Å². The van der Waals surface area contributed by atoms with Crippen molar-refractivity contribution >= 4 is 188 Å². The number of benzene rings is 10. The summed E-state index contributed by atoms with van der Waals surface area (Å²) in [5.74, 6) is -11.9. The number of hydrogen-bond acceptors (Lipinski definition) is 43. The van der Waals surface area contributed by atoms with E-state index < -0.39 is 246 Å². The zero-order chi connectivity index (χ0) is 106. The monoisotopic (exact) mass is 2140 g/mol. The molecule has 9 N–H and O–H groups in total. The maximum atomic E-state index is 15.4. The molecule has 0 atom stereocenters. The van der Waals surface area contributed by atoms with Crippen molar-refractivity contribution in [3.05, 3.63) is 286 Å². The number of anilines is 10. The summed E-state index contributed by atoms with van der Waals surface area (Å²) in [7, 11) is -22.6. The number of carbonyl (C=O) groups excluding carboxylic acids is 8. The molecule has 762 valence electrons. The van der Waals surface area contributed by atoms with Crippen LogP contribution in [0.15, 0.2) is 206 Å². The number of ketones is 4. The van der Waals surface area contributed by atoms with Crippen molar-refractivity contribution in [3.63, 3.8) is 0 Å². The lowest BCUT2D eigenvalue weighted by atomic mass is 9.80. The van der Waals surface area contributed by atoms with Crippen molar-refractivity contribution in [1.82, 2.24) is 39.0 Å². The highest BCUT2D eigenvalue weighted by Crippen LogP contribution is 2.49. The number of hydrogen-bond donors (Lipinski definition) is 9. The molecule has 148 heavy (non-hydrogen) atoms. The van der Waals surface area contributed by atoms with Crippen LogP contribution in [0.4, 0.5) is 57.9 Å². The van der Waals surface area contributed by atoms with Crippen molar-refractivity contribution in [2.75, 3.05) is 80.5 Å². The van der Waals surface area contributed by atoms with Gasteiger partial charge in [0.1, 0.15) is 51.8 Å². The Morgan fingerprint density at radius 3 is 1.18 bits per heavy atom. The van der Waals surface area contributed by atoms with Gasteiger partial charge in [-0.05, 0) is 142 Å². The molecule has 0 amide bonds. The van der Waals surface area contributed by atoms with E-state index in [1.165, 1.54) is 141 Å². The molecule has 0 spiro atoms. The van der Waals surface area contributed by atoms with E-state index in [9.17, 15) is 92.9 Å². The minimum Gasteiger partial charge on any atom is -0.465 e. The lowest BCUT2D eigenvalue weighted by Crippen LogP contribution is -2.29. The van der Waals surface area contributed by atoms with Crippen molar-refractivity contribution in [3.8, 4) is 45.8 Å². The van der Waals surface area contributed by atoms with Crippen LogP contribution in [0.2, 0.25) is 0 Å². The van der Waals surface area contributed by atoms with Gasteiger partial charge in [0.2, 0.25) is 23.8 Å². The largest absolute Gasteiger partial charge is 0.465 e. The molecular formula is C94H76N14O34S6. The molecular weight excluding hydrogens is 2060 g/mol. The van der Waals surface area contributed by atoms with Crippen molar-refractivity contribution in [1.29, 1.82) is 0 Å². The van der Waals surface area contributed by atoms with Gasteiger partial charge in [0.15, 0.2) is 23.1 Å². The average Bonchev–Trinajstić information content (AvgIpc) is 0.706. The summed E-state index contributed by atoms with van der Waals surface area (Å²) >= 11 is 0. The van der Waals surface area contributed by atoms with E-state index in [1.807, 2.05) is 0 Å². The van der Waals surface area contributed by atoms with Gasteiger partial charge in [-0.15, -0.1) is 0 Å². The molecule has 0 unspecified atom stereocenters. The topological polar surface area (TPSA) is 679 Å². The third-order valence-corrected chi connectivity index (χ3v) is 28.9. The molecule has 4 heterocycles. The number of ether oxygens (including phenoxy) is 6. The van der Waals surface area contributed by atoms with Gasteiger partial charge in [0, 0.05) is 82.7 Å². The van der Waals surface area contributed by atoms with Crippen LogP contribution in [-0.2, 0) is 146 Å². The summed E-state index contributed by atoms with van der Waals surface area (Å²) in [6.45, 7) is -1.52. The third-order valence-electron chi connectivity index (χ3n) is 22.9. The van der Waals surface area contributed by atoms with Crippen LogP contribution in [0.1, 0.15) is 112 Å². The summed E-state index contributed by atoms with van der Waals surface area (Å²) < 4.78 is 241. The van der Waals surface area contributed by atoms with Crippen LogP contribution in [0.5, 0.6) is 23.5 Å². The fourth-order valence-corrected chi connectivity index (χ4v) is 20.8. The first-order valence-corrected chi connectivity index (χ1v) is 51.8. The highest BCUT2D eigenvalue weighted by atomic mass is 32.2. The highest BCUT2D eigenvalue weighted by molar-refractivity contribution is 7.87. The molecule has 0 bridgehead atoms. The maximum absolute atomic E-state index is 15.4. The minimum absolute atomic E-state index is 0.0401. The second-order valence-corrected chi connectivity index (χ2v) is 41.7. The van der Waals surface area contributed by atoms with Crippen LogP contribution in [0.25, 0.3) is 44.1 Å². The van der Waals surface area contributed by atoms with Gasteiger partial charge in [-0.25, -0.2) is 9.59 Å². The number of fused-ring (bicyclic) bond motifs is 4. The van der Waals surface area contributed by atoms with E-state index in [1.54, 1.807) is 0 Å². The fourth-order valence-electron chi connectivity index (χ4n) is 16.6. The van der Waals surface area contributed by atoms with Gasteiger partial charge in [-0.1, -0.05) is 78.9 Å². The molecule has 0 aliphatic heterocycles. The Hall–Kier alpha value is -16.9. The van der Waals surface area contributed by atoms with Gasteiger partial charge in [-0.2, -0.15) is 80.4 Å². The number of aromatic nitrogens is 8. The first-order chi connectivity index (χ1) is 70.2. The quantitative estimate of drug-likeness (QED) is 0.00327. The Morgan fingerprint density at radius 1 is 0.372 bits per heavy atom. The number of methoxy groups -OCH3 is 2. The third kappa shape index (κ3) is 21.7. The molecule has 16 rings (SSSR count). The van der Waals surface area contributed by atoms with Crippen LogP contribution in [-0.4, -0.2) is 200 Å². The maximum Gasteiger partial charge on any atom is 0.337 e. The highest BCUT2D eigenvalue weighted by Gasteiger charge is 2.39. The molecule has 10 aromatic carbocycles. The standard InChI is InChI=1S/C94H76N14O34S6/c1-107-69-24-22-63(75-77(69)73(59-18-8-10-20-61(59)83(75)113)79(85(107)115)81(111)50-15-12-14-47(28-50)42-143(119,120)121)97-65-38-68(72(148(132,133)138-7)36-54(65)43-144(122,123)124)100-92-102-90(104-94(106-92)142-57-32-49(41-140-46-110)30-53(34-57)88(118)135-4)96-27-26-95-89-101-91(105-93(103-89)141-56-31-48(40-139-45-109)29-52(33-56)87(117)134-3)99-66-39-67(71(147(130,131)137-6)37-55(66)44-145(125,126)127)98-64-23-25-70-78-74(60-19-9-11-21-62(60)84(114)76(64)78)80(86(116)108(70)2)82(112)51-16-13-17-58(35-51)146(128,129)136-5/h8-25,28-39,45-46,97-98H,26-27,40-44H2,1-7H3,(H,119,120,121)(H,122,123,124)(H,125,126,127)(H2,95,99,101,103,105)(H2,96,100,102,104,106). The second-order valence-electron chi connectivity index (χ2n) is 32.3. The SMILES string of the molecule is COC(=O)c1cc(COC=O)cc(Oc2nc(NCCNc3nc(Nc4cc(Nc5ccc6c7c5C(=O)c5ccccc5-c7c(C(=O)c5cccc(CS(=O)(=O)O)c5)c(=O)n6C)c(CS(=O)(=O)O)cc4S(=O)(=O)OC)nc(Oc4cc(COC=O)cc(C(=O)OC)c4)n3)nc(Nc3cc(Nc4ccc5c6c4C(=O)c4ccccc4-c6c(C(=O)c4cccc(S(=O)(=O)OC)c4)c(=O)n5C)c(S(=O)(=O)OC)cc3CS(=O)(=O)O)n2)c1. The molecule has 0 radical (unpaired) electrons. The van der Waals surface area contributed by atoms with E-state index in [0.29, 0.717) is 0 Å². The van der Waals surface area contributed by atoms with Gasteiger partial charge in [-0.3, -0.25) is 64.6 Å². The molecule has 48 nitrogen and oxygen atoms in total. The summed E-state index contributed by atoms with van der Waals surface area (Å²) in [5, 5.41) is 17.2. The number of aryl methyl sites for hydroxylation is 2. The number of pyridine rings is 2. The Labute approximate surface area is 837 Å². The zero-order valence-electron chi connectivity index (χ0n) is 77.4. The molecule has 4 aromatic heterocycles. The predicted octanol–water partition coefficient (Wildman–Crippen LogP) is 9.82. The van der Waals surface area contributed by atoms with Gasteiger partial charge < -0.3 is 69.5 Å². The minimum atomic E-state index is -5.23. The van der Waals surface area contributed by atoms with E-state index in [4.69, 9.17) is 41.0 Å². The first kappa shape index (κ1) is 104. The normalized spacial score (nSPS) is 12.3. The Kier molecular flexibility index (Phi) is 29.0. The Morgan fingerprint density at radius 2 is 0.757 bits per heavy atom. The van der Waals surface area contributed by atoms with Crippen LogP contribution in [0.3, 0.4) is 0 Å². The Balaban J connectivity index is 0.801. The number of carbonyl (C=O) groups is 8.